The second-order valence-corrected chi connectivity index (χ2v) is 6.24. The molecular weight excluding hydrogens is 308 g/mol. The predicted molar refractivity (Wildman–Crippen MR) is 82.5 cm³/mol. The van der Waals surface area contributed by atoms with E-state index >= 15 is 0 Å². The topological polar surface area (TPSA) is 52.1 Å². The normalized spacial score (nSPS) is 12.5. The van der Waals surface area contributed by atoms with Crippen LogP contribution in [-0.4, -0.2) is 10.2 Å². The molecule has 2 heterocycles. The van der Waals surface area contributed by atoms with Crippen LogP contribution in [0.15, 0.2) is 50.7 Å². The minimum Gasteiger partial charge on any atom is -0.469 e. The zero-order chi connectivity index (χ0) is 14.8. The first-order valence-electron chi connectivity index (χ1n) is 6.44. The number of hydrogen-bond acceptors (Lipinski definition) is 5. The van der Waals surface area contributed by atoms with Crippen LogP contribution >= 0.6 is 23.4 Å². The van der Waals surface area contributed by atoms with E-state index in [2.05, 4.69) is 17.1 Å². The Morgan fingerprint density at radius 1 is 1.19 bits per heavy atom. The molecule has 0 saturated carbocycles. The van der Waals surface area contributed by atoms with Crippen molar-refractivity contribution in [1.82, 2.24) is 10.2 Å². The molecule has 0 aliphatic rings. The van der Waals surface area contributed by atoms with Crippen molar-refractivity contribution >= 4 is 23.4 Å². The lowest BCUT2D eigenvalue weighted by Crippen LogP contribution is -1.89. The molecule has 0 radical (unpaired) electrons. The maximum atomic E-state index is 6.20. The molecule has 0 saturated heterocycles. The Hall–Kier alpha value is -1.72. The van der Waals surface area contributed by atoms with Crippen LogP contribution in [0.3, 0.4) is 0 Å². The lowest BCUT2D eigenvalue weighted by Gasteiger charge is -2.10. The van der Waals surface area contributed by atoms with E-state index in [0.717, 1.165) is 21.9 Å². The third-order valence-electron chi connectivity index (χ3n) is 3.12. The van der Waals surface area contributed by atoms with Gasteiger partial charge in [-0.15, -0.1) is 10.2 Å². The molecule has 0 aliphatic heterocycles. The van der Waals surface area contributed by atoms with Gasteiger partial charge in [0.25, 0.3) is 11.1 Å². The third kappa shape index (κ3) is 2.99. The van der Waals surface area contributed by atoms with Gasteiger partial charge in [-0.3, -0.25) is 0 Å². The molecule has 0 amide bonds. The van der Waals surface area contributed by atoms with Gasteiger partial charge in [-0.2, -0.15) is 0 Å². The standard InChI is InChI=1S/C15H13ClN2O2S/c1-9-11(7-8-19-9)14-17-18-15(20-14)21-10(2)12-5-3-4-6-13(12)16/h3-8,10H,1-2H3. The Kier molecular flexibility index (Phi) is 4.03. The first-order valence-corrected chi connectivity index (χ1v) is 7.70. The van der Waals surface area contributed by atoms with Crippen molar-refractivity contribution in [3.05, 3.63) is 52.9 Å². The van der Waals surface area contributed by atoms with Crippen molar-refractivity contribution in [1.29, 1.82) is 0 Å². The Morgan fingerprint density at radius 3 is 2.71 bits per heavy atom. The van der Waals surface area contributed by atoms with Crippen LogP contribution in [0.25, 0.3) is 11.5 Å². The highest BCUT2D eigenvalue weighted by Gasteiger charge is 2.17. The maximum Gasteiger partial charge on any atom is 0.277 e. The minimum atomic E-state index is 0.123. The molecule has 1 unspecified atom stereocenters. The molecule has 1 aromatic carbocycles. The van der Waals surface area contributed by atoms with Gasteiger partial charge in [0, 0.05) is 10.3 Å². The molecule has 0 fully saturated rings. The first kappa shape index (κ1) is 14.2. The highest BCUT2D eigenvalue weighted by molar-refractivity contribution is 7.99. The summed E-state index contributed by atoms with van der Waals surface area (Å²) in [4.78, 5) is 0. The number of nitrogens with zero attached hydrogens (tertiary/aromatic N) is 2. The van der Waals surface area contributed by atoms with E-state index < -0.39 is 0 Å². The van der Waals surface area contributed by atoms with Gasteiger partial charge in [0.05, 0.1) is 11.8 Å². The maximum absolute atomic E-state index is 6.20. The van der Waals surface area contributed by atoms with Crippen molar-refractivity contribution < 1.29 is 8.83 Å². The van der Waals surface area contributed by atoms with Gasteiger partial charge in [-0.1, -0.05) is 41.6 Å². The van der Waals surface area contributed by atoms with Crippen molar-refractivity contribution in [2.75, 3.05) is 0 Å². The first-order chi connectivity index (χ1) is 10.1. The third-order valence-corrected chi connectivity index (χ3v) is 4.43. The van der Waals surface area contributed by atoms with Crippen molar-refractivity contribution in [2.45, 2.75) is 24.3 Å². The van der Waals surface area contributed by atoms with Gasteiger partial charge < -0.3 is 8.83 Å². The van der Waals surface area contributed by atoms with Gasteiger partial charge in [0.1, 0.15) is 5.76 Å². The number of aromatic nitrogens is 2. The molecule has 0 aliphatic carbocycles. The molecule has 3 rings (SSSR count). The molecule has 108 valence electrons. The zero-order valence-electron chi connectivity index (χ0n) is 11.5. The molecule has 6 heteroatoms. The summed E-state index contributed by atoms with van der Waals surface area (Å²) in [5.41, 5.74) is 1.86. The molecule has 2 aromatic heterocycles. The SMILES string of the molecule is Cc1occc1-c1nnc(SC(C)c2ccccc2Cl)o1. The Morgan fingerprint density at radius 2 is 2.00 bits per heavy atom. The van der Waals surface area contributed by atoms with Gasteiger partial charge >= 0.3 is 0 Å². The molecule has 3 aromatic rings. The zero-order valence-corrected chi connectivity index (χ0v) is 13.1. The summed E-state index contributed by atoms with van der Waals surface area (Å²) in [6.07, 6.45) is 1.61. The number of thioether (sulfide) groups is 1. The van der Waals surface area contributed by atoms with Crippen molar-refractivity contribution in [3.63, 3.8) is 0 Å². The number of hydrogen-bond donors (Lipinski definition) is 0. The predicted octanol–water partition coefficient (Wildman–Crippen LogP) is 5.14. The lowest BCUT2D eigenvalue weighted by atomic mass is 10.2. The number of aryl methyl sites for hydroxylation is 1. The highest BCUT2D eigenvalue weighted by atomic mass is 35.5. The van der Waals surface area contributed by atoms with E-state index in [4.69, 9.17) is 20.4 Å². The van der Waals surface area contributed by atoms with Gasteiger partial charge in [-0.25, -0.2) is 0 Å². The van der Waals surface area contributed by atoms with E-state index in [1.54, 1.807) is 6.26 Å². The van der Waals surface area contributed by atoms with Gasteiger partial charge in [-0.05, 0) is 31.5 Å². The van der Waals surface area contributed by atoms with Gasteiger partial charge in [0.15, 0.2) is 0 Å². The summed E-state index contributed by atoms with van der Waals surface area (Å²) in [6, 6.07) is 9.57. The summed E-state index contributed by atoms with van der Waals surface area (Å²) < 4.78 is 10.9. The van der Waals surface area contributed by atoms with Gasteiger partial charge in [0.2, 0.25) is 0 Å². The molecule has 4 nitrogen and oxygen atoms in total. The fraction of sp³-hybridized carbons (Fsp3) is 0.200. The van der Waals surface area contributed by atoms with E-state index in [1.807, 2.05) is 37.3 Å². The number of halogens is 1. The van der Waals surface area contributed by atoms with Crippen LogP contribution in [0.1, 0.15) is 23.5 Å². The van der Waals surface area contributed by atoms with Crippen LogP contribution in [0.5, 0.6) is 0 Å². The Bertz CT molecular complexity index is 753. The van der Waals surface area contributed by atoms with E-state index in [1.165, 1.54) is 11.8 Å². The Balaban J connectivity index is 1.79. The largest absolute Gasteiger partial charge is 0.469 e. The smallest absolute Gasteiger partial charge is 0.277 e. The summed E-state index contributed by atoms with van der Waals surface area (Å²) in [5, 5.41) is 9.50. The second kappa shape index (κ2) is 5.95. The van der Waals surface area contributed by atoms with Crippen LogP contribution in [0.4, 0.5) is 0 Å². The van der Waals surface area contributed by atoms with E-state index in [0.29, 0.717) is 11.1 Å². The molecule has 0 spiro atoms. The van der Waals surface area contributed by atoms with Crippen LogP contribution in [-0.2, 0) is 0 Å². The molecule has 0 N–H and O–H groups in total. The molecule has 0 bridgehead atoms. The average Bonchev–Trinajstić information content (AvgIpc) is 3.08. The Labute approximate surface area is 131 Å². The lowest BCUT2D eigenvalue weighted by molar-refractivity contribution is 0.462. The fourth-order valence-corrected chi connectivity index (χ4v) is 3.21. The van der Waals surface area contributed by atoms with Crippen molar-refractivity contribution in [2.24, 2.45) is 0 Å². The molecule has 1 atom stereocenters. The number of rotatable bonds is 4. The monoisotopic (exact) mass is 320 g/mol. The van der Waals surface area contributed by atoms with E-state index in [9.17, 15) is 0 Å². The van der Waals surface area contributed by atoms with Crippen LogP contribution < -0.4 is 0 Å². The van der Waals surface area contributed by atoms with Crippen LogP contribution in [0, 0.1) is 6.92 Å². The van der Waals surface area contributed by atoms with Crippen LogP contribution in [0.2, 0.25) is 5.02 Å². The summed E-state index contributed by atoms with van der Waals surface area (Å²) in [6.45, 7) is 3.91. The van der Waals surface area contributed by atoms with E-state index in [-0.39, 0.29) is 5.25 Å². The molecular formula is C15H13ClN2O2S. The number of furan rings is 1. The summed E-state index contributed by atoms with van der Waals surface area (Å²) in [5.74, 6) is 1.23. The second-order valence-electron chi connectivity index (χ2n) is 4.55. The average molecular weight is 321 g/mol. The fourth-order valence-electron chi connectivity index (χ4n) is 1.99. The summed E-state index contributed by atoms with van der Waals surface area (Å²) in [7, 11) is 0. The summed E-state index contributed by atoms with van der Waals surface area (Å²) >= 11 is 7.68. The van der Waals surface area contributed by atoms with Crippen molar-refractivity contribution in [3.8, 4) is 11.5 Å². The number of benzene rings is 1. The highest BCUT2D eigenvalue weighted by Crippen LogP contribution is 2.38. The minimum absolute atomic E-state index is 0.123. The quantitative estimate of drug-likeness (QED) is 0.622. The molecule has 21 heavy (non-hydrogen) atoms.